The zero-order chi connectivity index (χ0) is 13.6. The van der Waals surface area contributed by atoms with E-state index in [4.69, 9.17) is 21.3 Å². The van der Waals surface area contributed by atoms with E-state index >= 15 is 0 Å². The zero-order valence-corrected chi connectivity index (χ0v) is 9.93. The molecule has 0 spiro atoms. The minimum Gasteiger partial charge on any atom is -0.394 e. The average molecular weight is 265 g/mol. The Labute approximate surface area is 107 Å². The fraction of sp³-hybridized carbons (Fsp3) is 0.500. The number of nitrogens with two attached hydrogens (primary N) is 2. The molecule has 3 heterocycles. The first-order chi connectivity index (χ1) is 9.10. The fourth-order valence-electron chi connectivity index (χ4n) is 2.22. The van der Waals surface area contributed by atoms with Gasteiger partial charge in [0, 0.05) is 12.5 Å². The minimum atomic E-state index is -0.526. The predicted octanol–water partition coefficient (Wildman–Crippen LogP) is -0.841. The van der Waals surface area contributed by atoms with Crippen molar-refractivity contribution in [2.45, 2.75) is 24.8 Å². The molecule has 3 rings (SSSR count). The second-order valence-electron chi connectivity index (χ2n) is 4.42. The summed E-state index contributed by atoms with van der Waals surface area (Å²) in [6, 6.07) is -0.279. The maximum Gasteiger partial charge on any atom is 0.302 e. The maximum absolute atomic E-state index is 11.6. The van der Waals surface area contributed by atoms with E-state index in [9.17, 15) is 5.11 Å². The summed E-state index contributed by atoms with van der Waals surface area (Å²) in [4.78, 5) is 11.5. The van der Waals surface area contributed by atoms with Gasteiger partial charge in [-0.1, -0.05) is 0 Å². The number of nitrogen functional groups attached to an aromatic ring is 1. The highest BCUT2D eigenvalue weighted by molar-refractivity contribution is 5.77. The van der Waals surface area contributed by atoms with Crippen LogP contribution in [0.2, 0.25) is 0 Å². The van der Waals surface area contributed by atoms with E-state index in [1.54, 1.807) is 4.57 Å². The van der Waals surface area contributed by atoms with E-state index in [1.807, 2.05) is 0 Å². The number of aliphatic hydroxyl groups is 1. The lowest BCUT2D eigenvalue weighted by molar-refractivity contribution is -0.0233. The predicted molar refractivity (Wildman–Crippen MR) is 63.5 cm³/mol. The third-order valence-electron chi connectivity index (χ3n) is 3.18. The number of aromatic nitrogens is 4. The first-order valence-electron chi connectivity index (χ1n) is 5.79. The van der Waals surface area contributed by atoms with Gasteiger partial charge in [0.25, 0.3) is 0 Å². The molecule has 1 aliphatic rings. The lowest BCUT2D eigenvalue weighted by Crippen LogP contribution is -2.32. The Balaban J connectivity index is 2.02. The van der Waals surface area contributed by atoms with Gasteiger partial charge in [-0.2, -0.15) is 9.97 Å². The van der Waals surface area contributed by atoms with Crippen LogP contribution in [0.15, 0.2) is 6.33 Å². The fourth-order valence-corrected chi connectivity index (χ4v) is 2.22. The smallest absolute Gasteiger partial charge is 0.302 e. The van der Waals surface area contributed by atoms with Crippen LogP contribution in [0, 0.1) is 0 Å². The molecule has 0 bridgehead atoms. The number of nitrogens with zero attached hydrogens (tertiary/aromatic N) is 4. The van der Waals surface area contributed by atoms with Gasteiger partial charge in [0.05, 0.1) is 19.0 Å². The van der Waals surface area contributed by atoms with Crippen molar-refractivity contribution in [2.75, 3.05) is 12.3 Å². The van der Waals surface area contributed by atoms with E-state index < -0.39 is 18.2 Å². The zero-order valence-electron chi connectivity index (χ0n) is 9.93. The lowest BCUT2D eigenvalue weighted by atomic mass is 10.1. The first-order valence-corrected chi connectivity index (χ1v) is 5.79. The third kappa shape index (κ3) is 1.87. The molecule has 9 nitrogen and oxygen atoms in total. The van der Waals surface area contributed by atoms with Gasteiger partial charge in [-0.15, -0.1) is 0 Å². The van der Waals surface area contributed by atoms with Gasteiger partial charge in [-0.25, -0.2) is 4.98 Å². The van der Waals surface area contributed by atoms with E-state index in [2.05, 4.69) is 15.0 Å². The Morgan fingerprint density at radius 2 is 2.32 bits per heavy atom. The number of imidazole rings is 1. The molecule has 0 saturated carbocycles. The van der Waals surface area contributed by atoms with Crippen molar-refractivity contribution in [3.63, 3.8) is 0 Å². The molecule has 2 aromatic rings. The molecule has 0 amide bonds. The Bertz CT molecular complexity index is 615. The minimum absolute atomic E-state index is 0.111. The molecule has 1 saturated heterocycles. The summed E-state index contributed by atoms with van der Waals surface area (Å²) >= 11 is 0. The Hall–Kier alpha value is -1.97. The summed E-state index contributed by atoms with van der Waals surface area (Å²) in [7, 11) is 0. The van der Waals surface area contributed by atoms with Crippen LogP contribution in [0.1, 0.15) is 12.6 Å². The number of rotatable bonds is 2. The van der Waals surface area contributed by atoms with Crippen molar-refractivity contribution in [3.8, 4) is 5.88 Å². The van der Waals surface area contributed by atoms with Gasteiger partial charge in [0.2, 0.25) is 5.95 Å². The highest BCUT2D eigenvalue weighted by Crippen LogP contribution is 2.31. The molecule has 2 aromatic heterocycles. The quantitative estimate of drug-likeness (QED) is 0.641. The molecule has 3 atom stereocenters. The number of fused-ring (bicyclic) bond motifs is 1. The van der Waals surface area contributed by atoms with Crippen molar-refractivity contribution in [1.82, 2.24) is 19.5 Å². The molecule has 1 aliphatic heterocycles. The number of ether oxygens (including phenoxy) is 1. The van der Waals surface area contributed by atoms with Crippen molar-refractivity contribution in [2.24, 2.45) is 5.73 Å². The van der Waals surface area contributed by atoms with E-state index in [1.165, 1.54) is 6.33 Å². The molecule has 1 fully saturated rings. The molecule has 1 radical (unpaired) electrons. The molecule has 3 unspecified atom stereocenters. The molecule has 0 aromatic carbocycles. The van der Waals surface area contributed by atoms with Gasteiger partial charge in [0.15, 0.2) is 11.2 Å². The number of hydrogen-bond donors (Lipinski definition) is 3. The van der Waals surface area contributed by atoms with Gasteiger partial charge >= 0.3 is 5.88 Å². The summed E-state index contributed by atoms with van der Waals surface area (Å²) in [6.07, 6.45) is 1.07. The van der Waals surface area contributed by atoms with Crippen molar-refractivity contribution >= 4 is 17.1 Å². The van der Waals surface area contributed by atoms with Crippen molar-refractivity contribution < 1.29 is 14.9 Å². The average Bonchev–Trinajstić information content (AvgIpc) is 2.92. The van der Waals surface area contributed by atoms with Crippen molar-refractivity contribution in [1.29, 1.82) is 0 Å². The lowest BCUT2D eigenvalue weighted by Gasteiger charge is -2.13. The highest BCUT2D eigenvalue weighted by atomic mass is 16.5. The van der Waals surface area contributed by atoms with E-state index in [0.29, 0.717) is 12.1 Å². The first kappa shape index (κ1) is 12.1. The molecular formula is C10H13N6O3. The van der Waals surface area contributed by atoms with Gasteiger partial charge < -0.3 is 21.3 Å². The van der Waals surface area contributed by atoms with Crippen LogP contribution >= 0.6 is 0 Å². The van der Waals surface area contributed by atoms with Gasteiger partial charge in [-0.05, 0) is 0 Å². The van der Waals surface area contributed by atoms with E-state index in [0.717, 1.165) is 0 Å². The Kier molecular flexibility index (Phi) is 2.73. The summed E-state index contributed by atoms with van der Waals surface area (Å²) in [6.45, 7) is -0.159. The molecule has 0 aliphatic carbocycles. The second kappa shape index (κ2) is 4.30. The maximum atomic E-state index is 11.6. The van der Waals surface area contributed by atoms with Crippen LogP contribution in [0.4, 0.5) is 5.95 Å². The monoisotopic (exact) mass is 265 g/mol. The second-order valence-corrected chi connectivity index (χ2v) is 4.42. The van der Waals surface area contributed by atoms with Crippen LogP contribution < -0.4 is 11.5 Å². The standard InChI is InChI=1S/C10H13N6O3/c11-4-1-6(19-5(4)2-17)16-3-13-7-8(16)14-10(12)15-9(7)18/h3-6,17H,1-2,11H2,(H2,12,14,15). The van der Waals surface area contributed by atoms with Gasteiger partial charge in [0.1, 0.15) is 6.23 Å². The van der Waals surface area contributed by atoms with Crippen LogP contribution in [-0.4, -0.2) is 43.4 Å². The summed E-state index contributed by atoms with van der Waals surface area (Å²) < 4.78 is 7.19. The summed E-state index contributed by atoms with van der Waals surface area (Å²) in [5.41, 5.74) is 11.8. The summed E-state index contributed by atoms with van der Waals surface area (Å²) in [5, 5.41) is 20.7. The largest absolute Gasteiger partial charge is 0.394 e. The van der Waals surface area contributed by atoms with Crippen LogP contribution in [-0.2, 0) is 9.84 Å². The Morgan fingerprint density at radius 3 is 3.00 bits per heavy atom. The van der Waals surface area contributed by atoms with Crippen LogP contribution in [0.25, 0.3) is 11.2 Å². The SMILES string of the molecule is Nc1nc([O])c2ncn(C3CC(N)C(CO)O3)c2n1. The Morgan fingerprint density at radius 1 is 1.53 bits per heavy atom. The number of aliphatic hydroxyl groups excluding tert-OH is 1. The number of hydrogen-bond acceptors (Lipinski definition) is 7. The van der Waals surface area contributed by atoms with E-state index in [-0.39, 0.29) is 24.1 Å². The normalized spacial score (nSPS) is 27.2. The molecule has 9 heteroatoms. The summed E-state index contributed by atoms with van der Waals surface area (Å²) in [5.74, 6) is -0.637. The molecule has 5 N–H and O–H groups in total. The van der Waals surface area contributed by atoms with Crippen LogP contribution in [0.5, 0.6) is 5.88 Å². The van der Waals surface area contributed by atoms with Gasteiger partial charge in [-0.3, -0.25) is 9.67 Å². The van der Waals surface area contributed by atoms with Crippen molar-refractivity contribution in [3.05, 3.63) is 6.33 Å². The number of anilines is 1. The highest BCUT2D eigenvalue weighted by Gasteiger charge is 2.34. The molecule has 101 valence electrons. The van der Waals surface area contributed by atoms with Crippen LogP contribution in [0.3, 0.4) is 0 Å². The topological polar surface area (TPSA) is 145 Å². The molecular weight excluding hydrogens is 252 g/mol. The molecule has 19 heavy (non-hydrogen) atoms. The third-order valence-corrected chi connectivity index (χ3v) is 3.18.